The summed E-state index contributed by atoms with van der Waals surface area (Å²) in [6, 6.07) is 6.20. The molecule has 1 fully saturated rings. The van der Waals surface area contributed by atoms with Crippen LogP contribution in [0.25, 0.3) is 0 Å². The molecule has 0 amide bonds. The zero-order valence-corrected chi connectivity index (χ0v) is 14.3. The first kappa shape index (κ1) is 18.8. The molecule has 2 rings (SSSR count). The number of allylic oxidation sites excluding steroid dienone is 2. The van der Waals surface area contributed by atoms with Crippen molar-refractivity contribution in [2.75, 3.05) is 0 Å². The highest BCUT2D eigenvalue weighted by molar-refractivity contribution is 5.84. The Morgan fingerprint density at radius 3 is 2.84 bits per heavy atom. The zero-order chi connectivity index (χ0) is 18.2. The summed E-state index contributed by atoms with van der Waals surface area (Å²) >= 11 is 0. The van der Waals surface area contributed by atoms with Crippen LogP contribution >= 0.6 is 0 Å². The van der Waals surface area contributed by atoms with Crippen molar-refractivity contribution in [3.05, 3.63) is 52.1 Å². The first-order chi connectivity index (χ1) is 12.0. The third-order valence-corrected chi connectivity index (χ3v) is 4.54. The Morgan fingerprint density at radius 2 is 2.12 bits per heavy atom. The fourth-order valence-electron chi connectivity index (χ4n) is 3.20. The van der Waals surface area contributed by atoms with E-state index in [0.717, 1.165) is 6.42 Å². The van der Waals surface area contributed by atoms with Gasteiger partial charge in [0, 0.05) is 24.8 Å². The Balaban J connectivity index is 1.90. The molecule has 1 aromatic carbocycles. The monoisotopic (exact) mass is 345 g/mol. The Kier molecular flexibility index (Phi) is 6.86. The summed E-state index contributed by atoms with van der Waals surface area (Å²) in [6.07, 6.45) is 6.99. The van der Waals surface area contributed by atoms with Gasteiger partial charge < -0.3 is 4.74 Å². The van der Waals surface area contributed by atoms with E-state index in [2.05, 4.69) is 0 Å². The number of hydrogen-bond acceptors (Lipinski definition) is 5. The molecule has 0 radical (unpaired) electrons. The Bertz CT molecular complexity index is 668. The number of Topliss-reactive ketones (excluding diaryl/α,β-unsaturated/α-hetero) is 1. The van der Waals surface area contributed by atoms with Gasteiger partial charge >= 0.3 is 5.97 Å². The van der Waals surface area contributed by atoms with Gasteiger partial charge in [0.25, 0.3) is 5.69 Å². The standard InChI is InChI=1S/C19H23NO5/c1-2-3-4-8-16-14(10-11-18(16)21)12-19(22)25-13-15-7-5-6-9-17(15)20(23)24/h3-7,9,14,16H,2,8,10-13H2,1H3/b4-3-/t14-,16-/m1/s1. The zero-order valence-electron chi connectivity index (χ0n) is 14.3. The number of esters is 1. The van der Waals surface area contributed by atoms with Crippen LogP contribution in [0.5, 0.6) is 0 Å². The number of ketones is 1. The topological polar surface area (TPSA) is 86.5 Å². The van der Waals surface area contributed by atoms with Crippen LogP contribution in [0.2, 0.25) is 0 Å². The summed E-state index contributed by atoms with van der Waals surface area (Å²) in [5, 5.41) is 11.0. The van der Waals surface area contributed by atoms with Crippen molar-refractivity contribution in [1.29, 1.82) is 0 Å². The van der Waals surface area contributed by atoms with Gasteiger partial charge in [-0.1, -0.05) is 31.2 Å². The van der Waals surface area contributed by atoms with Crippen LogP contribution in [0.4, 0.5) is 5.69 Å². The highest BCUT2D eigenvalue weighted by Crippen LogP contribution is 2.34. The number of carbonyl (C=O) groups excluding carboxylic acids is 2. The molecule has 134 valence electrons. The fraction of sp³-hybridized carbons (Fsp3) is 0.474. The molecule has 0 aliphatic heterocycles. The van der Waals surface area contributed by atoms with E-state index in [9.17, 15) is 19.7 Å². The van der Waals surface area contributed by atoms with Gasteiger partial charge in [0.2, 0.25) is 0 Å². The number of ether oxygens (including phenoxy) is 1. The van der Waals surface area contributed by atoms with Crippen molar-refractivity contribution >= 4 is 17.4 Å². The molecule has 0 aromatic heterocycles. The number of nitro groups is 1. The van der Waals surface area contributed by atoms with Crippen LogP contribution in [0.3, 0.4) is 0 Å². The van der Waals surface area contributed by atoms with E-state index < -0.39 is 10.9 Å². The SMILES string of the molecule is CC/C=C\C[C@H]1C(=O)CC[C@@H]1CC(=O)OCc1ccccc1[N+](=O)[O-]. The van der Waals surface area contributed by atoms with E-state index in [-0.39, 0.29) is 36.3 Å². The lowest BCUT2D eigenvalue weighted by Gasteiger charge is -2.16. The minimum absolute atomic E-state index is 0.00716. The van der Waals surface area contributed by atoms with Crippen molar-refractivity contribution in [3.63, 3.8) is 0 Å². The van der Waals surface area contributed by atoms with Crippen LogP contribution in [0, 0.1) is 22.0 Å². The molecule has 1 aromatic rings. The lowest BCUT2D eigenvalue weighted by molar-refractivity contribution is -0.385. The van der Waals surface area contributed by atoms with Crippen LogP contribution < -0.4 is 0 Å². The molecule has 25 heavy (non-hydrogen) atoms. The molecular formula is C19H23NO5. The smallest absolute Gasteiger partial charge is 0.306 e. The molecule has 1 aliphatic carbocycles. The van der Waals surface area contributed by atoms with Gasteiger partial charge in [-0.15, -0.1) is 0 Å². The van der Waals surface area contributed by atoms with Gasteiger partial charge in [-0.05, 0) is 31.2 Å². The molecule has 2 atom stereocenters. The Morgan fingerprint density at radius 1 is 1.36 bits per heavy atom. The molecule has 1 aliphatic rings. The van der Waals surface area contributed by atoms with Gasteiger partial charge in [0.1, 0.15) is 12.4 Å². The molecule has 0 N–H and O–H groups in total. The summed E-state index contributed by atoms with van der Waals surface area (Å²) in [7, 11) is 0. The minimum atomic E-state index is -0.491. The molecule has 0 bridgehead atoms. The number of benzene rings is 1. The van der Waals surface area contributed by atoms with Gasteiger partial charge in [-0.3, -0.25) is 19.7 Å². The lowest BCUT2D eigenvalue weighted by atomic mass is 9.89. The van der Waals surface area contributed by atoms with Crippen LogP contribution in [-0.4, -0.2) is 16.7 Å². The van der Waals surface area contributed by atoms with Crippen LogP contribution in [0.1, 0.15) is 44.6 Å². The lowest BCUT2D eigenvalue weighted by Crippen LogP contribution is -2.18. The maximum Gasteiger partial charge on any atom is 0.306 e. The number of nitrogens with zero attached hydrogens (tertiary/aromatic N) is 1. The molecule has 0 spiro atoms. The Labute approximate surface area is 147 Å². The second-order valence-electron chi connectivity index (χ2n) is 6.24. The third-order valence-electron chi connectivity index (χ3n) is 4.54. The van der Waals surface area contributed by atoms with Crippen molar-refractivity contribution in [3.8, 4) is 0 Å². The maximum absolute atomic E-state index is 12.1. The average molecular weight is 345 g/mol. The summed E-state index contributed by atoms with van der Waals surface area (Å²) in [5.74, 6) is -0.340. The summed E-state index contributed by atoms with van der Waals surface area (Å²) in [6.45, 7) is 1.90. The predicted octanol–water partition coefficient (Wildman–Crippen LogP) is 3.98. The summed E-state index contributed by atoms with van der Waals surface area (Å²) in [5.41, 5.74) is 0.305. The average Bonchev–Trinajstić information content (AvgIpc) is 2.93. The molecule has 0 saturated heterocycles. The van der Waals surface area contributed by atoms with Crippen molar-refractivity contribution < 1.29 is 19.2 Å². The van der Waals surface area contributed by atoms with E-state index in [1.54, 1.807) is 18.2 Å². The molecule has 0 heterocycles. The first-order valence-corrected chi connectivity index (χ1v) is 8.58. The largest absolute Gasteiger partial charge is 0.461 e. The van der Waals surface area contributed by atoms with E-state index >= 15 is 0 Å². The summed E-state index contributed by atoms with van der Waals surface area (Å²) < 4.78 is 5.22. The third kappa shape index (κ3) is 5.24. The highest BCUT2D eigenvalue weighted by Gasteiger charge is 2.35. The van der Waals surface area contributed by atoms with E-state index in [0.29, 0.717) is 24.8 Å². The normalized spacial score (nSPS) is 20.1. The summed E-state index contributed by atoms with van der Waals surface area (Å²) in [4.78, 5) is 34.6. The molecule has 1 saturated carbocycles. The number of nitro benzene ring substituents is 1. The highest BCUT2D eigenvalue weighted by atomic mass is 16.6. The van der Waals surface area contributed by atoms with E-state index in [4.69, 9.17) is 4.74 Å². The van der Waals surface area contributed by atoms with Gasteiger partial charge in [-0.25, -0.2) is 0 Å². The molecule has 6 nitrogen and oxygen atoms in total. The Hall–Kier alpha value is -2.50. The number of hydrogen-bond donors (Lipinski definition) is 0. The molecular weight excluding hydrogens is 322 g/mol. The van der Waals surface area contributed by atoms with E-state index in [1.165, 1.54) is 6.07 Å². The fourth-order valence-corrected chi connectivity index (χ4v) is 3.20. The molecule has 0 unspecified atom stereocenters. The number of carbonyl (C=O) groups is 2. The second-order valence-corrected chi connectivity index (χ2v) is 6.24. The minimum Gasteiger partial charge on any atom is -0.461 e. The maximum atomic E-state index is 12.1. The van der Waals surface area contributed by atoms with Gasteiger partial charge in [0.15, 0.2) is 0 Å². The van der Waals surface area contributed by atoms with Crippen molar-refractivity contribution in [2.45, 2.75) is 45.6 Å². The predicted molar refractivity (Wildman–Crippen MR) is 92.8 cm³/mol. The molecule has 6 heteroatoms. The van der Waals surface area contributed by atoms with Crippen LogP contribution in [0.15, 0.2) is 36.4 Å². The second kappa shape index (κ2) is 9.11. The van der Waals surface area contributed by atoms with Gasteiger partial charge in [-0.2, -0.15) is 0 Å². The van der Waals surface area contributed by atoms with Crippen molar-refractivity contribution in [2.24, 2.45) is 11.8 Å². The number of rotatable bonds is 8. The van der Waals surface area contributed by atoms with Crippen LogP contribution in [-0.2, 0) is 20.9 Å². The number of para-hydroxylation sites is 1. The quantitative estimate of drug-likeness (QED) is 0.308. The van der Waals surface area contributed by atoms with Crippen molar-refractivity contribution in [1.82, 2.24) is 0 Å². The van der Waals surface area contributed by atoms with Gasteiger partial charge in [0.05, 0.1) is 10.5 Å². The van der Waals surface area contributed by atoms with E-state index in [1.807, 2.05) is 19.1 Å². The first-order valence-electron chi connectivity index (χ1n) is 8.58.